The Bertz CT molecular complexity index is 662. The van der Waals surface area contributed by atoms with Crippen LogP contribution in [0.4, 0.5) is 0 Å². The number of benzene rings is 1. The third-order valence-corrected chi connectivity index (χ3v) is 3.60. The molecule has 0 amide bonds. The Balaban J connectivity index is 2.15. The lowest BCUT2D eigenvalue weighted by molar-refractivity contribution is -0.133. The maximum absolute atomic E-state index is 12.0. The second-order valence-corrected chi connectivity index (χ2v) is 5.26. The molecule has 0 N–H and O–H groups in total. The molecular weight excluding hydrogens is 276 g/mol. The number of halogens is 1. The molecule has 0 unspecified atom stereocenters. The number of aromatic nitrogens is 2. The number of hydrogen-bond donors (Lipinski definition) is 0. The normalized spacial score (nSPS) is 10.7. The van der Waals surface area contributed by atoms with Gasteiger partial charge >= 0.3 is 5.97 Å². The second-order valence-electron chi connectivity index (χ2n) is 4.86. The number of nitrogens with zero attached hydrogens (tertiary/aromatic N) is 2. The maximum Gasteiger partial charge on any atom is 0.315 e. The van der Waals surface area contributed by atoms with Crippen molar-refractivity contribution in [3.8, 4) is 5.75 Å². The summed E-state index contributed by atoms with van der Waals surface area (Å²) in [5.74, 6) is 0.0626. The molecule has 2 aromatic rings. The molecule has 0 spiro atoms. The Kier molecular flexibility index (Phi) is 4.14. The fourth-order valence-electron chi connectivity index (χ4n) is 2.07. The first-order valence-corrected chi connectivity index (χ1v) is 6.72. The van der Waals surface area contributed by atoms with Gasteiger partial charge in [-0.25, -0.2) is 0 Å². The van der Waals surface area contributed by atoms with E-state index >= 15 is 0 Å². The summed E-state index contributed by atoms with van der Waals surface area (Å²) in [6.45, 7) is 5.74. The second kappa shape index (κ2) is 5.67. The van der Waals surface area contributed by atoms with Gasteiger partial charge in [0.05, 0.1) is 17.1 Å². The van der Waals surface area contributed by atoms with Crippen LogP contribution >= 0.6 is 11.6 Å². The highest BCUT2D eigenvalue weighted by Crippen LogP contribution is 2.26. The molecule has 5 heteroatoms. The number of ether oxygens (including phenoxy) is 1. The molecule has 0 aliphatic heterocycles. The number of carbonyl (C=O) groups excluding carboxylic acids is 1. The number of esters is 1. The van der Waals surface area contributed by atoms with Gasteiger partial charge in [-0.1, -0.05) is 17.7 Å². The van der Waals surface area contributed by atoms with Crippen molar-refractivity contribution in [3.63, 3.8) is 0 Å². The molecule has 2 rings (SSSR count). The standard InChI is InChI=1S/C15H17ClN2O2/c1-9-5-6-13(16)14(7-9)20-15(19)8-12-10(2)17-18(4)11(12)3/h5-7H,8H2,1-4H3. The molecule has 0 atom stereocenters. The minimum absolute atomic E-state index is 0.190. The van der Waals surface area contributed by atoms with Crippen molar-refractivity contribution in [2.45, 2.75) is 27.2 Å². The quantitative estimate of drug-likeness (QED) is 0.645. The van der Waals surface area contributed by atoms with Crippen LogP contribution in [0.1, 0.15) is 22.5 Å². The van der Waals surface area contributed by atoms with Gasteiger partial charge in [0.15, 0.2) is 0 Å². The van der Waals surface area contributed by atoms with Gasteiger partial charge in [-0.3, -0.25) is 9.48 Å². The van der Waals surface area contributed by atoms with Crippen molar-refractivity contribution >= 4 is 17.6 Å². The van der Waals surface area contributed by atoms with Crippen LogP contribution in [0.25, 0.3) is 0 Å². The number of carbonyl (C=O) groups is 1. The van der Waals surface area contributed by atoms with Crippen LogP contribution < -0.4 is 4.74 Å². The molecule has 0 fully saturated rings. The first-order valence-electron chi connectivity index (χ1n) is 6.34. The lowest BCUT2D eigenvalue weighted by Crippen LogP contribution is -2.12. The number of rotatable bonds is 3. The summed E-state index contributed by atoms with van der Waals surface area (Å²) in [5, 5.41) is 4.72. The molecule has 0 saturated heterocycles. The van der Waals surface area contributed by atoms with E-state index in [1.807, 2.05) is 33.9 Å². The Morgan fingerprint density at radius 2 is 2.05 bits per heavy atom. The molecule has 0 radical (unpaired) electrons. The van der Waals surface area contributed by atoms with E-state index in [2.05, 4.69) is 5.10 Å². The summed E-state index contributed by atoms with van der Waals surface area (Å²) in [5.41, 5.74) is 3.71. The monoisotopic (exact) mass is 292 g/mol. The molecule has 20 heavy (non-hydrogen) atoms. The van der Waals surface area contributed by atoms with Crippen molar-refractivity contribution in [1.29, 1.82) is 0 Å². The van der Waals surface area contributed by atoms with Gasteiger partial charge in [0.2, 0.25) is 0 Å². The zero-order valence-corrected chi connectivity index (χ0v) is 12.8. The summed E-state index contributed by atoms with van der Waals surface area (Å²) >= 11 is 6.02. The van der Waals surface area contributed by atoms with E-state index < -0.39 is 0 Å². The van der Waals surface area contributed by atoms with Gasteiger partial charge in [0, 0.05) is 18.3 Å². The molecule has 1 heterocycles. The van der Waals surface area contributed by atoms with E-state index in [-0.39, 0.29) is 12.4 Å². The highest BCUT2D eigenvalue weighted by molar-refractivity contribution is 6.32. The Labute approximate surface area is 123 Å². The summed E-state index contributed by atoms with van der Waals surface area (Å²) < 4.78 is 7.10. The van der Waals surface area contributed by atoms with Crippen molar-refractivity contribution in [2.75, 3.05) is 0 Å². The first kappa shape index (κ1) is 14.6. The lowest BCUT2D eigenvalue weighted by atomic mass is 10.1. The fourth-order valence-corrected chi connectivity index (χ4v) is 2.22. The molecule has 1 aromatic carbocycles. The average molecular weight is 293 g/mol. The van der Waals surface area contributed by atoms with Gasteiger partial charge in [-0.2, -0.15) is 5.10 Å². The maximum atomic E-state index is 12.0. The van der Waals surface area contributed by atoms with Gasteiger partial charge in [-0.15, -0.1) is 0 Å². The number of hydrogen-bond acceptors (Lipinski definition) is 3. The van der Waals surface area contributed by atoms with Crippen LogP contribution in [0.15, 0.2) is 18.2 Å². The summed E-state index contributed by atoms with van der Waals surface area (Å²) in [6, 6.07) is 5.35. The van der Waals surface area contributed by atoms with Crippen molar-refractivity contribution < 1.29 is 9.53 Å². The average Bonchev–Trinajstić information content (AvgIpc) is 2.61. The zero-order chi connectivity index (χ0) is 14.9. The topological polar surface area (TPSA) is 44.1 Å². The predicted molar refractivity (Wildman–Crippen MR) is 78.2 cm³/mol. The van der Waals surface area contributed by atoms with Crippen LogP contribution in [0, 0.1) is 20.8 Å². The molecule has 0 aliphatic rings. The zero-order valence-electron chi connectivity index (χ0n) is 12.0. The van der Waals surface area contributed by atoms with E-state index in [9.17, 15) is 4.79 Å². The summed E-state index contributed by atoms with van der Waals surface area (Å²) in [4.78, 5) is 12.0. The Hall–Kier alpha value is -1.81. The highest BCUT2D eigenvalue weighted by Gasteiger charge is 2.16. The van der Waals surface area contributed by atoms with Crippen molar-refractivity contribution in [1.82, 2.24) is 9.78 Å². The number of aryl methyl sites for hydroxylation is 3. The highest BCUT2D eigenvalue weighted by atomic mass is 35.5. The third kappa shape index (κ3) is 3.02. The molecule has 106 valence electrons. The summed E-state index contributed by atoms with van der Waals surface area (Å²) in [7, 11) is 1.86. The lowest BCUT2D eigenvalue weighted by Gasteiger charge is -2.07. The first-order chi connectivity index (χ1) is 9.38. The van der Waals surface area contributed by atoms with E-state index in [1.54, 1.807) is 16.8 Å². The molecule has 0 aliphatic carbocycles. The van der Waals surface area contributed by atoms with Crippen molar-refractivity contribution in [2.24, 2.45) is 7.05 Å². The van der Waals surface area contributed by atoms with Crippen LogP contribution in [0.2, 0.25) is 5.02 Å². The molecule has 4 nitrogen and oxygen atoms in total. The minimum Gasteiger partial charge on any atom is -0.425 e. The summed E-state index contributed by atoms with van der Waals surface area (Å²) in [6.07, 6.45) is 0.190. The SMILES string of the molecule is Cc1ccc(Cl)c(OC(=O)Cc2c(C)nn(C)c2C)c1. The van der Waals surface area contributed by atoms with E-state index in [0.29, 0.717) is 10.8 Å². The van der Waals surface area contributed by atoms with E-state index in [4.69, 9.17) is 16.3 Å². The molecule has 0 saturated carbocycles. The molecule has 1 aromatic heterocycles. The minimum atomic E-state index is -0.336. The van der Waals surface area contributed by atoms with Gasteiger partial charge in [-0.05, 0) is 38.5 Å². The molecule has 0 bridgehead atoms. The van der Waals surface area contributed by atoms with Gasteiger partial charge in [0.25, 0.3) is 0 Å². The van der Waals surface area contributed by atoms with Crippen LogP contribution in [0.5, 0.6) is 5.75 Å². The van der Waals surface area contributed by atoms with E-state index in [0.717, 1.165) is 22.5 Å². The predicted octanol–water partition coefficient (Wildman–Crippen LogP) is 3.15. The van der Waals surface area contributed by atoms with Crippen LogP contribution in [0.3, 0.4) is 0 Å². The third-order valence-electron chi connectivity index (χ3n) is 3.29. The van der Waals surface area contributed by atoms with Crippen LogP contribution in [-0.4, -0.2) is 15.7 Å². The fraction of sp³-hybridized carbons (Fsp3) is 0.333. The van der Waals surface area contributed by atoms with Gasteiger partial charge < -0.3 is 4.74 Å². The Morgan fingerprint density at radius 3 is 2.65 bits per heavy atom. The van der Waals surface area contributed by atoms with Crippen LogP contribution in [-0.2, 0) is 18.3 Å². The molecular formula is C15H17ClN2O2. The van der Waals surface area contributed by atoms with Crippen molar-refractivity contribution in [3.05, 3.63) is 45.7 Å². The van der Waals surface area contributed by atoms with E-state index in [1.165, 1.54) is 0 Å². The Morgan fingerprint density at radius 1 is 1.35 bits per heavy atom. The smallest absolute Gasteiger partial charge is 0.315 e. The largest absolute Gasteiger partial charge is 0.425 e. The van der Waals surface area contributed by atoms with Gasteiger partial charge in [0.1, 0.15) is 5.75 Å².